The zero-order valence-corrected chi connectivity index (χ0v) is 20.0. The molecule has 2 N–H and O–H groups in total. The summed E-state index contributed by atoms with van der Waals surface area (Å²) in [6.07, 6.45) is 3.41. The molecule has 170 valence electrons. The molecule has 0 aliphatic heterocycles. The molecule has 0 bridgehead atoms. The zero-order valence-electron chi connectivity index (χ0n) is 18.4. The number of hydrogen-bond acceptors (Lipinski definition) is 4. The van der Waals surface area contributed by atoms with Crippen molar-refractivity contribution < 1.29 is 9.59 Å². The number of rotatable bonds is 7. The van der Waals surface area contributed by atoms with E-state index in [9.17, 15) is 9.59 Å². The fourth-order valence-corrected chi connectivity index (χ4v) is 3.72. The second-order valence-electron chi connectivity index (χ2n) is 7.57. The van der Waals surface area contributed by atoms with Crippen LogP contribution in [0.5, 0.6) is 0 Å². The summed E-state index contributed by atoms with van der Waals surface area (Å²) in [6.45, 7) is 1.82. The molecule has 2 amide bonds. The fraction of sp³-hybridized carbons (Fsp3) is 0.0769. The first-order chi connectivity index (χ1) is 16.5. The number of para-hydroxylation sites is 1. The normalized spacial score (nSPS) is 10.9. The summed E-state index contributed by atoms with van der Waals surface area (Å²) >= 11 is 3.32. The number of aryl methyl sites for hydroxylation is 1. The topological polar surface area (TPSA) is 88.4 Å². The lowest BCUT2D eigenvalue weighted by atomic mass is 10.1. The van der Waals surface area contributed by atoms with Crippen molar-refractivity contribution in [1.82, 2.24) is 20.5 Å². The summed E-state index contributed by atoms with van der Waals surface area (Å²) in [7, 11) is 0. The van der Waals surface area contributed by atoms with Crippen molar-refractivity contribution in [1.29, 1.82) is 0 Å². The summed E-state index contributed by atoms with van der Waals surface area (Å²) < 4.78 is 2.56. The van der Waals surface area contributed by atoms with Gasteiger partial charge in [-0.25, -0.2) is 10.1 Å². The van der Waals surface area contributed by atoms with Crippen molar-refractivity contribution in [3.63, 3.8) is 0 Å². The van der Waals surface area contributed by atoms with Gasteiger partial charge in [-0.15, -0.1) is 0 Å². The standard InChI is InChI=1S/C26H22BrN5O2/c1-18-7-5-8-19(13-18)25-21(17-32(31-25)23-11-3-2-4-12-23)15-29-30-24(33)16-28-26(34)20-9-6-10-22(27)14-20/h2-15,17H,16H2,1H3,(H,28,34)(H,30,33)/b29-15+. The number of hydrogen-bond donors (Lipinski definition) is 2. The Bertz CT molecular complexity index is 1350. The van der Waals surface area contributed by atoms with E-state index in [1.54, 1.807) is 29.1 Å². The largest absolute Gasteiger partial charge is 0.343 e. The Labute approximate surface area is 205 Å². The number of carbonyl (C=O) groups is 2. The van der Waals surface area contributed by atoms with E-state index in [1.807, 2.05) is 73.8 Å². The average molecular weight is 516 g/mol. The summed E-state index contributed by atoms with van der Waals surface area (Å²) in [5.41, 5.74) is 7.38. The monoisotopic (exact) mass is 515 g/mol. The van der Waals surface area contributed by atoms with E-state index < -0.39 is 5.91 Å². The number of hydrazone groups is 1. The minimum atomic E-state index is -0.438. The summed E-state index contributed by atoms with van der Waals surface area (Å²) in [6, 6.07) is 24.7. The van der Waals surface area contributed by atoms with Crippen molar-refractivity contribution in [2.75, 3.05) is 6.54 Å². The van der Waals surface area contributed by atoms with Gasteiger partial charge < -0.3 is 5.32 Å². The Hall–Kier alpha value is -4.04. The third kappa shape index (κ3) is 5.85. The molecule has 34 heavy (non-hydrogen) atoms. The van der Waals surface area contributed by atoms with Crippen molar-refractivity contribution in [2.24, 2.45) is 5.10 Å². The predicted molar refractivity (Wildman–Crippen MR) is 136 cm³/mol. The third-order valence-corrected chi connectivity index (χ3v) is 5.44. The smallest absolute Gasteiger partial charge is 0.259 e. The van der Waals surface area contributed by atoms with Crippen LogP contribution < -0.4 is 10.7 Å². The van der Waals surface area contributed by atoms with E-state index in [0.717, 1.165) is 32.5 Å². The molecule has 0 saturated carbocycles. The van der Waals surface area contributed by atoms with E-state index in [2.05, 4.69) is 31.8 Å². The van der Waals surface area contributed by atoms with Gasteiger partial charge in [0.1, 0.15) is 5.69 Å². The fourth-order valence-electron chi connectivity index (χ4n) is 3.32. The first-order valence-electron chi connectivity index (χ1n) is 10.6. The van der Waals surface area contributed by atoms with Crippen LogP contribution >= 0.6 is 15.9 Å². The molecule has 0 aliphatic rings. The number of halogens is 1. The van der Waals surface area contributed by atoms with Gasteiger partial charge in [0.05, 0.1) is 18.4 Å². The first-order valence-corrected chi connectivity index (χ1v) is 11.4. The number of nitrogens with one attached hydrogen (secondary N) is 2. The molecule has 1 heterocycles. The highest BCUT2D eigenvalue weighted by molar-refractivity contribution is 9.10. The maximum absolute atomic E-state index is 12.2. The van der Waals surface area contributed by atoms with E-state index in [1.165, 1.54) is 0 Å². The summed E-state index contributed by atoms with van der Waals surface area (Å²) in [4.78, 5) is 24.4. The number of benzene rings is 3. The van der Waals surface area contributed by atoms with Crippen LogP contribution in [0.1, 0.15) is 21.5 Å². The second-order valence-corrected chi connectivity index (χ2v) is 8.48. The Kier molecular flexibility index (Phi) is 7.29. The molecule has 7 nitrogen and oxygen atoms in total. The van der Waals surface area contributed by atoms with E-state index in [0.29, 0.717) is 5.56 Å². The van der Waals surface area contributed by atoms with E-state index in [-0.39, 0.29) is 12.5 Å². The van der Waals surface area contributed by atoms with Crippen LogP contribution in [0.4, 0.5) is 0 Å². The summed E-state index contributed by atoms with van der Waals surface area (Å²) in [5, 5.41) is 11.4. The lowest BCUT2D eigenvalue weighted by Crippen LogP contribution is -2.34. The molecule has 0 spiro atoms. The molecule has 0 saturated heterocycles. The average Bonchev–Trinajstić information content (AvgIpc) is 3.27. The minimum Gasteiger partial charge on any atom is -0.343 e. The zero-order chi connectivity index (χ0) is 23.9. The van der Waals surface area contributed by atoms with Gasteiger partial charge in [0, 0.05) is 27.4 Å². The molecule has 1 aromatic heterocycles. The van der Waals surface area contributed by atoms with Gasteiger partial charge in [-0.2, -0.15) is 10.2 Å². The Balaban J connectivity index is 1.46. The van der Waals surface area contributed by atoms with Crippen LogP contribution in [0.2, 0.25) is 0 Å². The molecule has 4 rings (SSSR count). The van der Waals surface area contributed by atoms with Crippen molar-refractivity contribution in [2.45, 2.75) is 6.92 Å². The number of carbonyl (C=O) groups excluding carboxylic acids is 2. The van der Waals surface area contributed by atoms with E-state index >= 15 is 0 Å². The van der Waals surface area contributed by atoms with Crippen LogP contribution in [0.25, 0.3) is 16.9 Å². The van der Waals surface area contributed by atoms with Gasteiger partial charge in [-0.3, -0.25) is 9.59 Å². The van der Waals surface area contributed by atoms with Crippen molar-refractivity contribution in [3.05, 3.63) is 106 Å². The van der Waals surface area contributed by atoms with Gasteiger partial charge in [-0.1, -0.05) is 64.0 Å². The number of aromatic nitrogens is 2. The van der Waals surface area contributed by atoms with Crippen LogP contribution in [-0.4, -0.2) is 34.4 Å². The molecular formula is C26H22BrN5O2. The molecule has 0 aliphatic carbocycles. The van der Waals surface area contributed by atoms with Crippen LogP contribution in [0, 0.1) is 6.92 Å². The molecule has 0 unspecified atom stereocenters. The third-order valence-electron chi connectivity index (χ3n) is 4.94. The predicted octanol–water partition coefficient (Wildman–Crippen LogP) is 4.49. The lowest BCUT2D eigenvalue weighted by molar-refractivity contribution is -0.120. The summed E-state index contributed by atoms with van der Waals surface area (Å²) in [5.74, 6) is -0.779. The number of nitrogens with zero attached hydrogens (tertiary/aromatic N) is 3. The number of amides is 2. The van der Waals surface area contributed by atoms with Crippen molar-refractivity contribution >= 4 is 34.0 Å². The molecular weight excluding hydrogens is 494 g/mol. The van der Waals surface area contributed by atoms with Crippen LogP contribution in [-0.2, 0) is 4.79 Å². The van der Waals surface area contributed by atoms with Crippen molar-refractivity contribution in [3.8, 4) is 16.9 Å². The highest BCUT2D eigenvalue weighted by atomic mass is 79.9. The SMILES string of the molecule is Cc1cccc(-c2nn(-c3ccccc3)cc2/C=N/NC(=O)CNC(=O)c2cccc(Br)c2)c1. The molecule has 0 fully saturated rings. The van der Waals surface area contributed by atoms with Gasteiger partial charge in [0.25, 0.3) is 11.8 Å². The van der Waals surface area contributed by atoms with Gasteiger partial charge in [-0.05, 0) is 43.3 Å². The second kappa shape index (κ2) is 10.7. The minimum absolute atomic E-state index is 0.198. The lowest BCUT2D eigenvalue weighted by Gasteiger charge is -2.04. The maximum atomic E-state index is 12.2. The Morgan fingerprint density at radius 3 is 2.59 bits per heavy atom. The maximum Gasteiger partial charge on any atom is 0.259 e. The van der Waals surface area contributed by atoms with Crippen LogP contribution in [0.3, 0.4) is 0 Å². The van der Waals surface area contributed by atoms with Gasteiger partial charge in [0.2, 0.25) is 0 Å². The molecule has 0 radical (unpaired) electrons. The van der Waals surface area contributed by atoms with Gasteiger partial charge in [0.15, 0.2) is 0 Å². The Morgan fingerprint density at radius 2 is 1.82 bits per heavy atom. The molecule has 8 heteroatoms. The van der Waals surface area contributed by atoms with Gasteiger partial charge >= 0.3 is 0 Å². The Morgan fingerprint density at radius 1 is 1.03 bits per heavy atom. The first kappa shape index (κ1) is 23.1. The quantitative estimate of drug-likeness (QED) is 0.280. The molecule has 4 aromatic rings. The van der Waals surface area contributed by atoms with Crippen LogP contribution in [0.15, 0.2) is 94.6 Å². The molecule has 0 atom stereocenters. The van der Waals surface area contributed by atoms with E-state index in [4.69, 9.17) is 5.10 Å². The highest BCUT2D eigenvalue weighted by Gasteiger charge is 2.12. The highest BCUT2D eigenvalue weighted by Crippen LogP contribution is 2.23. The molecule has 3 aromatic carbocycles.